The van der Waals surface area contributed by atoms with Crippen LogP contribution in [-0.4, -0.2) is 48.0 Å². The lowest BCUT2D eigenvalue weighted by molar-refractivity contribution is -0.133. The first-order chi connectivity index (χ1) is 10.2. The third-order valence-corrected chi connectivity index (χ3v) is 4.47. The summed E-state index contributed by atoms with van der Waals surface area (Å²) in [6, 6.07) is 10.1. The quantitative estimate of drug-likeness (QED) is 0.833. The molecule has 0 aromatic heterocycles. The minimum atomic E-state index is -0.354. The van der Waals surface area contributed by atoms with Crippen molar-refractivity contribution in [3.63, 3.8) is 0 Å². The van der Waals surface area contributed by atoms with Crippen LogP contribution in [0.25, 0.3) is 0 Å². The van der Waals surface area contributed by atoms with Crippen LogP contribution in [0.5, 0.6) is 0 Å². The number of nitrogens with one attached hydrogen (secondary N) is 1. The molecule has 0 spiro atoms. The molecule has 124 valence electrons. The first-order valence-electron chi connectivity index (χ1n) is 7.55. The van der Waals surface area contributed by atoms with Crippen LogP contribution >= 0.6 is 24.2 Å². The third kappa shape index (κ3) is 5.71. The lowest BCUT2D eigenvalue weighted by atomic mass is 10.0. The van der Waals surface area contributed by atoms with Crippen LogP contribution in [0.3, 0.4) is 0 Å². The molecule has 2 atom stereocenters. The van der Waals surface area contributed by atoms with Gasteiger partial charge >= 0.3 is 0 Å². The lowest BCUT2D eigenvalue weighted by Crippen LogP contribution is -2.51. The number of hydrogen-bond acceptors (Lipinski definition) is 4. The second-order valence-electron chi connectivity index (χ2n) is 5.52. The first-order valence-corrected chi connectivity index (χ1v) is 8.95. The number of thioether (sulfide) groups is 1. The molecule has 0 bridgehead atoms. The number of anilines is 1. The molecule has 0 saturated carbocycles. The number of likely N-dealkylation sites (tertiary alicyclic amines) is 1. The molecule has 1 aromatic carbocycles. The number of carbonyl (C=O) groups is 1. The van der Waals surface area contributed by atoms with Gasteiger partial charge in [-0.15, -0.1) is 12.4 Å². The van der Waals surface area contributed by atoms with Gasteiger partial charge in [0.25, 0.3) is 0 Å². The Balaban J connectivity index is 0.00000242. The number of benzene rings is 1. The van der Waals surface area contributed by atoms with E-state index in [9.17, 15) is 4.79 Å². The zero-order chi connectivity index (χ0) is 15.1. The van der Waals surface area contributed by atoms with Gasteiger partial charge in [0.15, 0.2) is 0 Å². The van der Waals surface area contributed by atoms with Gasteiger partial charge in [0.2, 0.25) is 5.91 Å². The average molecular weight is 344 g/mol. The Kier molecular flexibility index (Phi) is 8.68. The molecule has 1 amide bonds. The second kappa shape index (κ2) is 9.98. The predicted molar refractivity (Wildman–Crippen MR) is 97.9 cm³/mol. The van der Waals surface area contributed by atoms with Crippen LogP contribution in [0, 0.1) is 0 Å². The van der Waals surface area contributed by atoms with Gasteiger partial charge in [-0.2, -0.15) is 11.8 Å². The van der Waals surface area contributed by atoms with E-state index in [-0.39, 0.29) is 24.4 Å². The molecule has 0 aliphatic carbocycles. The van der Waals surface area contributed by atoms with Crippen molar-refractivity contribution < 1.29 is 4.79 Å². The summed E-state index contributed by atoms with van der Waals surface area (Å²) >= 11 is 1.73. The maximum Gasteiger partial charge on any atom is 0.239 e. The minimum absolute atomic E-state index is 0. The van der Waals surface area contributed by atoms with E-state index in [0.717, 1.165) is 43.8 Å². The average Bonchev–Trinajstić information content (AvgIpc) is 2.53. The van der Waals surface area contributed by atoms with E-state index in [1.54, 1.807) is 11.8 Å². The largest absolute Gasteiger partial charge is 0.381 e. The summed E-state index contributed by atoms with van der Waals surface area (Å²) < 4.78 is 0. The molecule has 1 heterocycles. The lowest BCUT2D eigenvalue weighted by Gasteiger charge is -2.35. The van der Waals surface area contributed by atoms with Crippen molar-refractivity contribution in [1.29, 1.82) is 0 Å². The molecule has 1 saturated heterocycles. The monoisotopic (exact) mass is 343 g/mol. The molecular weight excluding hydrogens is 318 g/mol. The van der Waals surface area contributed by atoms with E-state index in [2.05, 4.69) is 17.4 Å². The zero-order valence-corrected chi connectivity index (χ0v) is 14.7. The summed E-state index contributed by atoms with van der Waals surface area (Å²) in [5, 5.41) is 3.51. The number of rotatable bonds is 6. The zero-order valence-electron chi connectivity index (χ0n) is 13.0. The van der Waals surface area contributed by atoms with Gasteiger partial charge in [0, 0.05) is 24.8 Å². The van der Waals surface area contributed by atoms with Crippen LogP contribution in [-0.2, 0) is 4.79 Å². The van der Waals surface area contributed by atoms with Crippen molar-refractivity contribution in [2.75, 3.05) is 30.4 Å². The van der Waals surface area contributed by atoms with Crippen LogP contribution in [0.15, 0.2) is 30.3 Å². The number of para-hydroxylation sites is 1. The fraction of sp³-hybridized carbons (Fsp3) is 0.562. The van der Waals surface area contributed by atoms with Crippen LogP contribution in [0.2, 0.25) is 0 Å². The molecule has 22 heavy (non-hydrogen) atoms. The second-order valence-corrected chi connectivity index (χ2v) is 6.51. The number of hydrogen-bond donors (Lipinski definition) is 2. The Morgan fingerprint density at radius 1 is 1.45 bits per heavy atom. The summed E-state index contributed by atoms with van der Waals surface area (Å²) in [5.41, 5.74) is 7.12. The minimum Gasteiger partial charge on any atom is -0.381 e. The smallest absolute Gasteiger partial charge is 0.239 e. The maximum absolute atomic E-state index is 12.4. The molecule has 1 fully saturated rings. The number of piperidine rings is 1. The predicted octanol–water partition coefficient (Wildman–Crippen LogP) is 2.59. The first kappa shape index (κ1) is 19.1. The van der Waals surface area contributed by atoms with E-state index in [1.165, 1.54) is 0 Å². The molecule has 2 rings (SSSR count). The fourth-order valence-electron chi connectivity index (χ4n) is 2.67. The highest BCUT2D eigenvalue weighted by molar-refractivity contribution is 7.98. The Morgan fingerprint density at radius 2 is 2.18 bits per heavy atom. The molecule has 1 aliphatic heterocycles. The van der Waals surface area contributed by atoms with Crippen molar-refractivity contribution >= 4 is 35.8 Å². The van der Waals surface area contributed by atoms with Crippen molar-refractivity contribution in [2.24, 2.45) is 5.73 Å². The highest BCUT2D eigenvalue weighted by Gasteiger charge is 2.26. The Bertz CT molecular complexity index is 446. The van der Waals surface area contributed by atoms with Crippen molar-refractivity contribution in [1.82, 2.24) is 4.90 Å². The molecule has 6 heteroatoms. The van der Waals surface area contributed by atoms with E-state index in [0.29, 0.717) is 6.04 Å². The van der Waals surface area contributed by atoms with E-state index in [1.807, 2.05) is 29.4 Å². The summed E-state index contributed by atoms with van der Waals surface area (Å²) in [4.78, 5) is 14.3. The van der Waals surface area contributed by atoms with Crippen molar-refractivity contribution in [3.05, 3.63) is 30.3 Å². The maximum atomic E-state index is 12.4. The molecule has 4 nitrogen and oxygen atoms in total. The van der Waals surface area contributed by atoms with Crippen LogP contribution in [0.1, 0.15) is 19.3 Å². The van der Waals surface area contributed by atoms with Gasteiger partial charge in [0.1, 0.15) is 0 Å². The van der Waals surface area contributed by atoms with Gasteiger partial charge in [-0.25, -0.2) is 0 Å². The summed E-state index contributed by atoms with van der Waals surface area (Å²) in [5.74, 6) is 1.04. The topological polar surface area (TPSA) is 58.4 Å². The molecule has 2 unspecified atom stereocenters. The van der Waals surface area contributed by atoms with Crippen LogP contribution < -0.4 is 11.1 Å². The van der Waals surface area contributed by atoms with Crippen molar-refractivity contribution in [3.8, 4) is 0 Å². The van der Waals surface area contributed by atoms with Gasteiger partial charge in [-0.05, 0) is 43.4 Å². The van der Waals surface area contributed by atoms with Gasteiger partial charge in [-0.1, -0.05) is 18.2 Å². The van der Waals surface area contributed by atoms with Gasteiger partial charge in [-0.3, -0.25) is 4.79 Å². The van der Waals surface area contributed by atoms with E-state index < -0.39 is 0 Å². The van der Waals surface area contributed by atoms with Crippen molar-refractivity contribution in [2.45, 2.75) is 31.3 Å². The summed E-state index contributed by atoms with van der Waals surface area (Å²) in [6.45, 7) is 1.58. The molecular formula is C16H26ClN3OS. The highest BCUT2D eigenvalue weighted by Crippen LogP contribution is 2.17. The number of nitrogens with two attached hydrogens (primary N) is 1. The van der Waals surface area contributed by atoms with E-state index in [4.69, 9.17) is 5.73 Å². The Hall–Kier alpha value is -0.910. The fourth-order valence-corrected chi connectivity index (χ4v) is 3.16. The highest BCUT2D eigenvalue weighted by atomic mass is 35.5. The SMILES string of the molecule is CSCCC(N)C(=O)N1CCCC(Nc2ccccc2)C1.Cl. The van der Waals surface area contributed by atoms with E-state index >= 15 is 0 Å². The number of halogens is 1. The standard InChI is InChI=1S/C16H25N3OS.ClH/c1-21-11-9-15(17)16(20)19-10-5-8-14(12-19)18-13-6-3-2-4-7-13;/h2-4,6-7,14-15,18H,5,8-12,17H2,1H3;1H. The number of amides is 1. The van der Waals surface area contributed by atoms with Gasteiger partial charge < -0.3 is 16.0 Å². The molecule has 3 N–H and O–H groups in total. The third-order valence-electron chi connectivity index (χ3n) is 3.83. The molecule has 0 radical (unpaired) electrons. The molecule has 1 aliphatic rings. The number of nitrogens with zero attached hydrogens (tertiary/aromatic N) is 1. The Morgan fingerprint density at radius 3 is 2.86 bits per heavy atom. The molecule has 1 aromatic rings. The number of carbonyl (C=O) groups excluding carboxylic acids is 1. The van der Waals surface area contributed by atoms with Gasteiger partial charge in [0.05, 0.1) is 6.04 Å². The summed E-state index contributed by atoms with van der Waals surface area (Å²) in [6.07, 6.45) is 4.93. The van der Waals surface area contributed by atoms with Crippen LogP contribution in [0.4, 0.5) is 5.69 Å². The summed E-state index contributed by atoms with van der Waals surface area (Å²) in [7, 11) is 0. The Labute approximate surface area is 143 Å². The normalized spacial score (nSPS) is 19.2.